The first-order valence-corrected chi connectivity index (χ1v) is 14.8. The molecule has 0 amide bonds. The second-order valence-electron chi connectivity index (χ2n) is 12.9. The van der Waals surface area contributed by atoms with Crippen LogP contribution < -0.4 is 0 Å². The molecule has 15 unspecified atom stereocenters. The predicted octanol–water partition coefficient (Wildman–Crippen LogP) is -1.90. The van der Waals surface area contributed by atoms with Crippen LogP contribution in [0, 0.1) is 22.7 Å². The number of carbonyl (C=O) groups excluding carboxylic acids is 2. The number of hydrogen-bond donors (Lipinski definition) is 6. The number of carbonyl (C=O) groups is 2. The molecule has 3 saturated heterocycles. The molecule has 1 saturated carbocycles. The standard InChI is InChI=1S/C29H44O15/c1-27-10-17(29(37)21(34)25(39-4)44-26(29)40-5)42-23(36)13(27)9-16(28(2)12(22(35)38-3)7-6-8-15(27)28)43-24-20(33)19(32)18(31)14(11-30)41-24/h7,13-21,24-26,30-34,37H,6,8-11H2,1-5H3. The first kappa shape index (κ1) is 33.6. The molecule has 250 valence electrons. The summed E-state index contributed by atoms with van der Waals surface area (Å²) < 4.78 is 39.0. The van der Waals surface area contributed by atoms with Crippen molar-refractivity contribution in [2.24, 2.45) is 22.7 Å². The first-order valence-electron chi connectivity index (χ1n) is 14.8. The lowest BCUT2D eigenvalue weighted by Crippen LogP contribution is -2.68. The Kier molecular flexibility index (Phi) is 9.25. The second kappa shape index (κ2) is 12.1. The predicted molar refractivity (Wildman–Crippen MR) is 144 cm³/mol. The molecule has 5 rings (SSSR count). The van der Waals surface area contributed by atoms with Crippen LogP contribution in [0.4, 0.5) is 0 Å². The zero-order valence-corrected chi connectivity index (χ0v) is 25.4. The van der Waals surface area contributed by atoms with Crippen molar-refractivity contribution in [1.29, 1.82) is 0 Å². The van der Waals surface area contributed by atoms with Gasteiger partial charge in [0.15, 0.2) is 24.5 Å². The molecule has 0 bridgehead atoms. The van der Waals surface area contributed by atoms with Crippen molar-refractivity contribution < 1.29 is 73.4 Å². The van der Waals surface area contributed by atoms with Gasteiger partial charge in [0.2, 0.25) is 0 Å². The number of ether oxygens (including phenoxy) is 7. The van der Waals surface area contributed by atoms with Crippen molar-refractivity contribution in [2.75, 3.05) is 27.9 Å². The van der Waals surface area contributed by atoms with E-state index in [1.807, 2.05) is 6.92 Å². The largest absolute Gasteiger partial charge is 0.466 e. The van der Waals surface area contributed by atoms with Crippen LogP contribution in [0.3, 0.4) is 0 Å². The van der Waals surface area contributed by atoms with Crippen molar-refractivity contribution in [2.45, 2.75) is 107 Å². The van der Waals surface area contributed by atoms with E-state index in [0.29, 0.717) is 12.8 Å². The summed E-state index contributed by atoms with van der Waals surface area (Å²) in [4.78, 5) is 27.1. The fourth-order valence-electron chi connectivity index (χ4n) is 8.44. The van der Waals surface area contributed by atoms with Crippen LogP contribution in [0.25, 0.3) is 0 Å². The lowest BCUT2D eigenvalue weighted by atomic mass is 9.44. The average molecular weight is 633 g/mol. The maximum Gasteiger partial charge on any atom is 0.334 e. The topological polar surface area (TPSA) is 220 Å². The summed E-state index contributed by atoms with van der Waals surface area (Å²) in [5.74, 6) is -2.60. The van der Waals surface area contributed by atoms with E-state index in [1.54, 1.807) is 13.0 Å². The number of methoxy groups -OCH3 is 3. The Balaban J connectivity index is 1.54. The molecule has 15 atom stereocenters. The SMILES string of the molecule is COC(=O)C1=CCCC2C3(C)CC(C4(O)C(OC)OC(OC)C4O)OC(=O)C3CC(OC3OC(CO)C(O)C(O)C3O)C12C. The molecule has 4 fully saturated rings. The monoisotopic (exact) mass is 632 g/mol. The molecule has 15 heteroatoms. The van der Waals surface area contributed by atoms with Gasteiger partial charge in [-0.2, -0.15) is 0 Å². The molecule has 15 nitrogen and oxygen atoms in total. The van der Waals surface area contributed by atoms with E-state index >= 15 is 0 Å². The third-order valence-corrected chi connectivity index (χ3v) is 10.9. The summed E-state index contributed by atoms with van der Waals surface area (Å²) in [6.07, 6.45) is -11.5. The zero-order valence-electron chi connectivity index (χ0n) is 25.4. The summed E-state index contributed by atoms with van der Waals surface area (Å²) in [5.41, 5.74) is -3.98. The van der Waals surface area contributed by atoms with Crippen LogP contribution in [0.5, 0.6) is 0 Å². The van der Waals surface area contributed by atoms with E-state index in [1.165, 1.54) is 21.3 Å². The normalized spacial score (nSPS) is 50.7. The highest BCUT2D eigenvalue weighted by molar-refractivity contribution is 5.90. The molecule has 0 radical (unpaired) electrons. The van der Waals surface area contributed by atoms with E-state index in [2.05, 4.69) is 0 Å². The fourth-order valence-corrected chi connectivity index (χ4v) is 8.44. The van der Waals surface area contributed by atoms with Crippen molar-refractivity contribution >= 4 is 11.9 Å². The molecule has 3 aliphatic heterocycles. The maximum absolute atomic E-state index is 13.9. The average Bonchev–Trinajstić information content (AvgIpc) is 3.26. The summed E-state index contributed by atoms with van der Waals surface area (Å²) in [7, 11) is 3.82. The van der Waals surface area contributed by atoms with Gasteiger partial charge >= 0.3 is 11.9 Å². The quantitative estimate of drug-likeness (QED) is 0.169. The molecule has 44 heavy (non-hydrogen) atoms. The van der Waals surface area contributed by atoms with Gasteiger partial charge < -0.3 is 63.8 Å². The Morgan fingerprint density at radius 2 is 1.73 bits per heavy atom. The second-order valence-corrected chi connectivity index (χ2v) is 12.9. The molecule has 0 spiro atoms. The Morgan fingerprint density at radius 3 is 2.34 bits per heavy atom. The molecule has 0 aromatic rings. The highest BCUT2D eigenvalue weighted by Gasteiger charge is 2.70. The van der Waals surface area contributed by atoms with Gasteiger partial charge in [0.1, 0.15) is 36.6 Å². The van der Waals surface area contributed by atoms with Crippen LogP contribution in [0.15, 0.2) is 11.6 Å². The van der Waals surface area contributed by atoms with Gasteiger partial charge in [0.25, 0.3) is 0 Å². The molecule has 0 aromatic carbocycles. The highest BCUT2D eigenvalue weighted by Crippen LogP contribution is 2.65. The van der Waals surface area contributed by atoms with E-state index in [0.717, 1.165) is 0 Å². The van der Waals surface area contributed by atoms with Crippen molar-refractivity contribution in [3.63, 3.8) is 0 Å². The summed E-state index contributed by atoms with van der Waals surface area (Å²) >= 11 is 0. The molecule has 5 aliphatic rings. The minimum absolute atomic E-state index is 0.0235. The minimum Gasteiger partial charge on any atom is -0.466 e. The van der Waals surface area contributed by atoms with Gasteiger partial charge in [-0.15, -0.1) is 0 Å². The summed E-state index contributed by atoms with van der Waals surface area (Å²) in [6, 6.07) is 0. The van der Waals surface area contributed by atoms with Gasteiger partial charge in [0, 0.05) is 25.2 Å². The van der Waals surface area contributed by atoms with E-state index in [4.69, 9.17) is 33.2 Å². The van der Waals surface area contributed by atoms with Gasteiger partial charge in [0.05, 0.1) is 25.7 Å². The van der Waals surface area contributed by atoms with Gasteiger partial charge in [-0.1, -0.05) is 19.9 Å². The molecule has 2 aliphatic carbocycles. The van der Waals surface area contributed by atoms with E-state index in [9.17, 15) is 40.2 Å². The van der Waals surface area contributed by atoms with Gasteiger partial charge in [-0.25, -0.2) is 4.79 Å². The Labute approximate surface area is 254 Å². The number of fused-ring (bicyclic) bond motifs is 3. The number of rotatable bonds is 7. The number of esters is 2. The first-order chi connectivity index (χ1) is 20.7. The van der Waals surface area contributed by atoms with E-state index < -0.39 is 108 Å². The lowest BCUT2D eigenvalue weighted by Gasteiger charge is -2.63. The number of aliphatic hydroxyl groups is 6. The van der Waals surface area contributed by atoms with Crippen LogP contribution in [0.1, 0.15) is 39.5 Å². The van der Waals surface area contributed by atoms with Crippen molar-refractivity contribution in [1.82, 2.24) is 0 Å². The number of allylic oxidation sites excluding steroid dienone is 1. The Morgan fingerprint density at radius 1 is 1.02 bits per heavy atom. The molecule has 0 aromatic heterocycles. The Hall–Kier alpha value is -1.76. The fraction of sp³-hybridized carbons (Fsp3) is 0.862. The highest BCUT2D eigenvalue weighted by atomic mass is 16.8. The Bertz CT molecular complexity index is 1130. The van der Waals surface area contributed by atoms with Gasteiger partial charge in [-0.05, 0) is 37.0 Å². The van der Waals surface area contributed by atoms with Crippen molar-refractivity contribution in [3.8, 4) is 0 Å². The number of hydrogen-bond acceptors (Lipinski definition) is 15. The molecule has 6 N–H and O–H groups in total. The zero-order chi connectivity index (χ0) is 32.4. The maximum atomic E-state index is 13.9. The smallest absolute Gasteiger partial charge is 0.334 e. The lowest BCUT2D eigenvalue weighted by molar-refractivity contribution is -0.330. The third kappa shape index (κ3) is 4.83. The number of cyclic esters (lactones) is 1. The molecular weight excluding hydrogens is 588 g/mol. The van der Waals surface area contributed by atoms with Gasteiger partial charge in [-0.3, -0.25) is 4.79 Å². The van der Waals surface area contributed by atoms with Crippen LogP contribution in [-0.4, -0.2) is 138 Å². The third-order valence-electron chi connectivity index (χ3n) is 10.9. The molecule has 3 heterocycles. The van der Waals surface area contributed by atoms with Crippen LogP contribution >= 0.6 is 0 Å². The summed E-state index contributed by atoms with van der Waals surface area (Å²) in [5, 5.41) is 64.0. The summed E-state index contributed by atoms with van der Waals surface area (Å²) in [6.45, 7) is 3.01. The van der Waals surface area contributed by atoms with E-state index in [-0.39, 0.29) is 18.4 Å². The number of aliphatic hydroxyl groups excluding tert-OH is 5. The van der Waals surface area contributed by atoms with Crippen molar-refractivity contribution in [3.05, 3.63) is 11.6 Å². The van der Waals surface area contributed by atoms with Crippen LogP contribution in [-0.2, 0) is 42.7 Å². The van der Waals surface area contributed by atoms with Crippen LogP contribution in [0.2, 0.25) is 0 Å². The minimum atomic E-state index is -2.19. The molecular formula is C29H44O15.